The van der Waals surface area contributed by atoms with Gasteiger partial charge in [0.05, 0.1) is 0 Å². The van der Waals surface area contributed by atoms with Gasteiger partial charge < -0.3 is 20.8 Å². The molecule has 1 fully saturated rings. The Balaban J connectivity index is 2.08. The van der Waals surface area contributed by atoms with E-state index in [1.54, 1.807) is 0 Å². The number of hydrogen-bond acceptors (Lipinski definition) is 4. The third-order valence-corrected chi connectivity index (χ3v) is 5.01. The largest absolute Gasteiger partial charge is 0.507 e. The summed E-state index contributed by atoms with van der Waals surface area (Å²) in [6.45, 7) is 3.07. The molecule has 124 valence electrons. The molecule has 0 saturated heterocycles. The molecule has 0 spiro atoms. The zero-order valence-corrected chi connectivity index (χ0v) is 13.4. The Bertz CT molecular complexity index is 627. The zero-order valence-electron chi connectivity index (χ0n) is 13.4. The van der Waals surface area contributed by atoms with Gasteiger partial charge in [-0.1, -0.05) is 0 Å². The molecule has 1 aromatic carbocycles. The fourth-order valence-corrected chi connectivity index (χ4v) is 4.01. The molecule has 6 nitrogen and oxygen atoms in total. The second-order valence-electron chi connectivity index (χ2n) is 6.51. The Labute approximate surface area is 134 Å². The minimum atomic E-state index is -0.212. The van der Waals surface area contributed by atoms with E-state index in [0.29, 0.717) is 11.1 Å². The first-order chi connectivity index (χ1) is 10.9. The number of amides is 2. The van der Waals surface area contributed by atoms with Crippen LogP contribution in [0.15, 0.2) is 0 Å². The molecule has 1 aromatic rings. The van der Waals surface area contributed by atoms with Gasteiger partial charge in [0.2, 0.25) is 11.8 Å². The molecular weight excluding hydrogens is 296 g/mol. The Hall–Kier alpha value is -2.24. The van der Waals surface area contributed by atoms with Crippen LogP contribution in [0.4, 0.5) is 0 Å². The number of phenols is 2. The Morgan fingerprint density at radius 1 is 0.913 bits per heavy atom. The van der Waals surface area contributed by atoms with Crippen molar-refractivity contribution >= 4 is 11.8 Å². The lowest BCUT2D eigenvalue weighted by atomic mass is 9.85. The summed E-state index contributed by atoms with van der Waals surface area (Å²) in [4.78, 5) is 22.5. The first kappa shape index (κ1) is 15.6. The lowest BCUT2D eigenvalue weighted by molar-refractivity contribution is -0.120. The van der Waals surface area contributed by atoms with Crippen LogP contribution in [0.2, 0.25) is 0 Å². The van der Waals surface area contributed by atoms with Crippen LogP contribution in [0.3, 0.4) is 0 Å². The minimum absolute atomic E-state index is 0.133. The van der Waals surface area contributed by atoms with E-state index in [1.807, 2.05) is 0 Å². The normalized spacial score (nSPS) is 21.1. The average molecular weight is 318 g/mol. The molecule has 2 atom stereocenters. The molecule has 2 bridgehead atoms. The molecule has 0 aromatic heterocycles. The molecule has 4 N–H and O–H groups in total. The first-order valence-corrected chi connectivity index (χ1v) is 7.98. The molecule has 3 rings (SSSR count). The molecule has 0 aliphatic heterocycles. The van der Waals surface area contributed by atoms with E-state index in [2.05, 4.69) is 10.6 Å². The topological polar surface area (TPSA) is 98.7 Å². The van der Waals surface area contributed by atoms with Crippen LogP contribution in [0.1, 0.15) is 67.2 Å². The maximum atomic E-state index is 11.2. The number of hydrogen-bond donors (Lipinski definition) is 4. The van der Waals surface area contributed by atoms with E-state index in [1.165, 1.54) is 13.8 Å². The summed E-state index contributed by atoms with van der Waals surface area (Å²) in [5.41, 5.74) is 2.67. The number of carbonyl (C=O) groups excluding carboxylic acids is 2. The molecule has 0 radical (unpaired) electrons. The summed E-state index contributed by atoms with van der Waals surface area (Å²) in [5.74, 6) is 0.476. The molecule has 1 saturated carbocycles. The van der Waals surface area contributed by atoms with Gasteiger partial charge in [0.15, 0.2) is 0 Å². The van der Waals surface area contributed by atoms with Crippen LogP contribution in [0, 0.1) is 0 Å². The van der Waals surface area contributed by atoms with E-state index < -0.39 is 0 Å². The van der Waals surface area contributed by atoms with Crippen molar-refractivity contribution in [1.82, 2.24) is 10.6 Å². The average Bonchev–Trinajstić information content (AvgIpc) is 3.08. The highest BCUT2D eigenvalue weighted by atomic mass is 16.3. The van der Waals surface area contributed by atoms with Gasteiger partial charge in [0.1, 0.15) is 11.5 Å². The van der Waals surface area contributed by atoms with Gasteiger partial charge in [-0.3, -0.25) is 9.59 Å². The third kappa shape index (κ3) is 2.62. The van der Waals surface area contributed by atoms with Crippen molar-refractivity contribution in [2.24, 2.45) is 0 Å². The standard InChI is InChI=1S/C17H22N2O4/c1-8(20)18-6-12-13(7-19-9(2)21)17(23)15-11-4-3-10(5-11)14(15)16(12)22/h10-11,22-23H,3-7H2,1-2H3,(H,18,20)(H,19,21). The predicted octanol–water partition coefficient (Wildman–Crippen LogP) is 1.73. The number of phenolic OH excluding ortho intramolecular Hbond substituents is 2. The summed E-state index contributed by atoms with van der Waals surface area (Å²) >= 11 is 0. The number of nitrogens with one attached hydrogen (secondary N) is 2. The maximum absolute atomic E-state index is 11.2. The van der Waals surface area contributed by atoms with Crippen molar-refractivity contribution in [2.45, 2.75) is 58.0 Å². The number of benzene rings is 1. The van der Waals surface area contributed by atoms with Crippen LogP contribution < -0.4 is 10.6 Å². The quantitative estimate of drug-likeness (QED) is 0.635. The summed E-state index contributed by atoms with van der Waals surface area (Å²) < 4.78 is 0. The smallest absolute Gasteiger partial charge is 0.217 e. The van der Waals surface area contributed by atoms with Crippen molar-refractivity contribution in [2.75, 3.05) is 0 Å². The molecule has 23 heavy (non-hydrogen) atoms. The Morgan fingerprint density at radius 3 is 1.65 bits per heavy atom. The lowest BCUT2D eigenvalue weighted by Gasteiger charge is -2.24. The molecule has 2 unspecified atom stereocenters. The monoisotopic (exact) mass is 318 g/mol. The van der Waals surface area contributed by atoms with Gasteiger partial charge in [0, 0.05) is 49.2 Å². The summed E-state index contributed by atoms with van der Waals surface area (Å²) in [7, 11) is 0. The zero-order chi connectivity index (χ0) is 16.7. The fourth-order valence-electron chi connectivity index (χ4n) is 4.01. The highest BCUT2D eigenvalue weighted by molar-refractivity contribution is 5.74. The van der Waals surface area contributed by atoms with Gasteiger partial charge in [-0.05, 0) is 31.1 Å². The molecule has 2 amide bonds. The fraction of sp³-hybridized carbons (Fsp3) is 0.529. The van der Waals surface area contributed by atoms with Crippen LogP contribution in [-0.2, 0) is 22.7 Å². The van der Waals surface area contributed by atoms with Crippen LogP contribution >= 0.6 is 0 Å². The van der Waals surface area contributed by atoms with E-state index >= 15 is 0 Å². The van der Waals surface area contributed by atoms with E-state index in [9.17, 15) is 19.8 Å². The minimum Gasteiger partial charge on any atom is -0.507 e. The van der Waals surface area contributed by atoms with Crippen LogP contribution in [0.25, 0.3) is 0 Å². The summed E-state index contributed by atoms with van der Waals surface area (Å²) in [5, 5.41) is 26.8. The van der Waals surface area contributed by atoms with Crippen molar-refractivity contribution in [3.8, 4) is 11.5 Å². The SMILES string of the molecule is CC(=O)NCc1c(O)c2c(c(O)c1CNC(C)=O)C1CCC2C1. The van der Waals surface area contributed by atoms with Crippen molar-refractivity contribution in [3.63, 3.8) is 0 Å². The number of rotatable bonds is 4. The second-order valence-corrected chi connectivity index (χ2v) is 6.51. The Kier molecular flexibility index (Phi) is 3.92. The second kappa shape index (κ2) is 5.76. The number of carbonyl (C=O) groups is 2. The van der Waals surface area contributed by atoms with Gasteiger partial charge >= 0.3 is 0 Å². The molecule has 2 aliphatic rings. The highest BCUT2D eigenvalue weighted by Crippen LogP contribution is 2.60. The summed E-state index contributed by atoms with van der Waals surface area (Å²) in [6, 6.07) is 0. The molecule has 6 heteroatoms. The van der Waals surface area contributed by atoms with Gasteiger partial charge in [-0.2, -0.15) is 0 Å². The van der Waals surface area contributed by atoms with E-state index in [0.717, 1.165) is 30.4 Å². The third-order valence-electron chi connectivity index (χ3n) is 5.01. The van der Waals surface area contributed by atoms with Gasteiger partial charge in [-0.25, -0.2) is 0 Å². The number of fused-ring (bicyclic) bond motifs is 5. The van der Waals surface area contributed by atoms with E-state index in [4.69, 9.17) is 0 Å². The summed E-state index contributed by atoms with van der Waals surface area (Å²) in [6.07, 6.45) is 3.00. The van der Waals surface area contributed by atoms with Crippen LogP contribution in [-0.4, -0.2) is 22.0 Å². The highest BCUT2D eigenvalue weighted by Gasteiger charge is 2.42. The van der Waals surface area contributed by atoms with Crippen molar-refractivity contribution in [1.29, 1.82) is 0 Å². The van der Waals surface area contributed by atoms with Gasteiger partial charge in [0.25, 0.3) is 0 Å². The Morgan fingerprint density at radius 2 is 1.30 bits per heavy atom. The lowest BCUT2D eigenvalue weighted by Crippen LogP contribution is -2.24. The van der Waals surface area contributed by atoms with Gasteiger partial charge in [-0.15, -0.1) is 0 Å². The predicted molar refractivity (Wildman–Crippen MR) is 84.1 cm³/mol. The first-order valence-electron chi connectivity index (χ1n) is 7.98. The van der Waals surface area contributed by atoms with Crippen molar-refractivity contribution in [3.05, 3.63) is 22.3 Å². The molecule has 2 aliphatic carbocycles. The maximum Gasteiger partial charge on any atom is 0.217 e. The molecular formula is C17H22N2O4. The number of aromatic hydroxyl groups is 2. The molecule has 0 heterocycles. The van der Waals surface area contributed by atoms with Crippen LogP contribution in [0.5, 0.6) is 11.5 Å². The van der Waals surface area contributed by atoms with Crippen molar-refractivity contribution < 1.29 is 19.8 Å². The van der Waals surface area contributed by atoms with E-state index in [-0.39, 0.29) is 48.2 Å².